The largest absolute Gasteiger partial charge is 0.508 e. The molecular formula is C24H21N3O2S. The number of nitrogens with zero attached hydrogens (tertiary/aromatic N) is 1. The third kappa shape index (κ3) is 6.16. The van der Waals surface area contributed by atoms with E-state index in [0.29, 0.717) is 18.7 Å². The Hall–Kier alpha value is -3.69. The van der Waals surface area contributed by atoms with Crippen molar-refractivity contribution in [3.63, 3.8) is 0 Å². The van der Waals surface area contributed by atoms with Crippen LogP contribution in [0, 0.1) is 11.3 Å². The average molecular weight is 416 g/mol. The predicted molar refractivity (Wildman–Crippen MR) is 119 cm³/mol. The molecule has 1 amide bonds. The van der Waals surface area contributed by atoms with E-state index < -0.39 is 5.91 Å². The lowest BCUT2D eigenvalue weighted by atomic mass is 10.1. The van der Waals surface area contributed by atoms with Crippen LogP contribution in [0.5, 0.6) is 5.75 Å². The molecule has 0 aliphatic carbocycles. The second-order valence-corrected chi connectivity index (χ2v) is 7.52. The second kappa shape index (κ2) is 10.7. The van der Waals surface area contributed by atoms with Gasteiger partial charge in [-0.05, 0) is 48.4 Å². The van der Waals surface area contributed by atoms with Crippen molar-refractivity contribution < 1.29 is 9.90 Å². The molecule has 3 N–H and O–H groups in total. The lowest BCUT2D eigenvalue weighted by Gasteiger charge is -2.10. The number of amides is 1. The van der Waals surface area contributed by atoms with Gasteiger partial charge in [0.2, 0.25) is 0 Å². The zero-order valence-corrected chi connectivity index (χ0v) is 17.0. The maximum absolute atomic E-state index is 12.6. The molecule has 0 fully saturated rings. The number of anilines is 1. The molecule has 150 valence electrons. The summed E-state index contributed by atoms with van der Waals surface area (Å²) in [5.41, 5.74) is 1.70. The van der Waals surface area contributed by atoms with Gasteiger partial charge in [-0.2, -0.15) is 5.26 Å². The van der Waals surface area contributed by atoms with E-state index >= 15 is 0 Å². The second-order valence-electron chi connectivity index (χ2n) is 6.41. The van der Waals surface area contributed by atoms with Gasteiger partial charge in [-0.1, -0.05) is 54.2 Å². The third-order valence-corrected chi connectivity index (χ3v) is 5.30. The van der Waals surface area contributed by atoms with Gasteiger partial charge in [0.1, 0.15) is 17.4 Å². The Balaban J connectivity index is 1.60. The first-order valence-electron chi connectivity index (χ1n) is 9.40. The van der Waals surface area contributed by atoms with Gasteiger partial charge in [0.25, 0.3) is 5.91 Å². The first kappa shape index (κ1) is 21.0. The number of aromatic hydroxyl groups is 1. The summed E-state index contributed by atoms with van der Waals surface area (Å²) in [6, 6.07) is 26.3. The van der Waals surface area contributed by atoms with Crippen LogP contribution in [0.1, 0.15) is 5.56 Å². The molecule has 0 atom stereocenters. The van der Waals surface area contributed by atoms with Crippen LogP contribution in [-0.4, -0.2) is 17.6 Å². The molecule has 0 heterocycles. The number of hydrogen-bond acceptors (Lipinski definition) is 5. The van der Waals surface area contributed by atoms with Crippen LogP contribution < -0.4 is 10.6 Å². The normalized spacial score (nSPS) is 10.8. The fraction of sp³-hybridized carbons (Fsp3) is 0.0833. The van der Waals surface area contributed by atoms with Gasteiger partial charge in [-0.3, -0.25) is 4.79 Å². The van der Waals surface area contributed by atoms with Crippen LogP contribution in [0.3, 0.4) is 0 Å². The fourth-order valence-electron chi connectivity index (χ4n) is 2.67. The molecule has 0 spiro atoms. The van der Waals surface area contributed by atoms with Crippen LogP contribution in [0.25, 0.3) is 0 Å². The van der Waals surface area contributed by atoms with Crippen LogP contribution >= 0.6 is 11.8 Å². The van der Waals surface area contributed by atoms with Gasteiger partial charge < -0.3 is 15.7 Å². The van der Waals surface area contributed by atoms with Gasteiger partial charge in [-0.25, -0.2) is 0 Å². The molecule has 6 heteroatoms. The molecule has 3 aromatic rings. The van der Waals surface area contributed by atoms with Gasteiger partial charge >= 0.3 is 0 Å². The Bertz CT molecular complexity index is 1060. The van der Waals surface area contributed by atoms with E-state index in [4.69, 9.17) is 0 Å². The highest BCUT2D eigenvalue weighted by Crippen LogP contribution is 2.33. The quantitative estimate of drug-likeness (QED) is 0.282. The monoisotopic (exact) mass is 415 g/mol. The van der Waals surface area contributed by atoms with Crippen molar-refractivity contribution in [2.24, 2.45) is 0 Å². The minimum Gasteiger partial charge on any atom is -0.508 e. The standard InChI is InChI=1S/C24H21N3O2S/c25-16-19(17-26-15-14-18-10-12-20(28)13-11-18)24(29)27-22-8-4-5-9-23(22)30-21-6-2-1-3-7-21/h1-13,17,26,28H,14-15H2,(H,27,29)/b19-17-. The molecule has 3 rings (SSSR count). The van der Waals surface area contributed by atoms with Crippen molar-refractivity contribution in [3.05, 3.63) is 96.2 Å². The zero-order chi connectivity index (χ0) is 21.2. The maximum atomic E-state index is 12.6. The summed E-state index contributed by atoms with van der Waals surface area (Å²) in [7, 11) is 0. The number of nitrogens with one attached hydrogen (secondary N) is 2. The molecular weight excluding hydrogens is 394 g/mol. The molecule has 0 aliphatic heterocycles. The smallest absolute Gasteiger partial charge is 0.267 e. The highest BCUT2D eigenvalue weighted by atomic mass is 32.2. The summed E-state index contributed by atoms with van der Waals surface area (Å²) in [5, 5.41) is 24.5. The predicted octanol–water partition coefficient (Wildman–Crippen LogP) is 4.72. The number of phenols is 1. The molecule has 0 saturated heterocycles. The zero-order valence-electron chi connectivity index (χ0n) is 16.2. The number of para-hydroxylation sites is 1. The highest BCUT2D eigenvalue weighted by Gasteiger charge is 2.12. The van der Waals surface area contributed by atoms with E-state index in [1.807, 2.05) is 72.8 Å². The lowest BCUT2D eigenvalue weighted by Crippen LogP contribution is -2.18. The molecule has 3 aromatic carbocycles. The summed E-state index contributed by atoms with van der Waals surface area (Å²) in [6.45, 7) is 0.559. The van der Waals surface area contributed by atoms with E-state index in [2.05, 4.69) is 10.6 Å². The summed E-state index contributed by atoms with van der Waals surface area (Å²) in [6.07, 6.45) is 2.14. The highest BCUT2D eigenvalue weighted by molar-refractivity contribution is 7.99. The summed E-state index contributed by atoms with van der Waals surface area (Å²) >= 11 is 1.55. The van der Waals surface area contributed by atoms with Crippen molar-refractivity contribution in [3.8, 4) is 11.8 Å². The molecule has 0 radical (unpaired) electrons. The van der Waals surface area contributed by atoms with Crippen LogP contribution in [0.4, 0.5) is 5.69 Å². The van der Waals surface area contributed by atoms with Crippen LogP contribution in [0.15, 0.2) is 100 Å². The molecule has 5 nitrogen and oxygen atoms in total. The van der Waals surface area contributed by atoms with Crippen LogP contribution in [0.2, 0.25) is 0 Å². The van der Waals surface area contributed by atoms with Crippen molar-refractivity contribution in [2.75, 3.05) is 11.9 Å². The third-order valence-electron chi connectivity index (χ3n) is 4.21. The number of rotatable bonds is 8. The number of carbonyl (C=O) groups excluding carboxylic acids is 1. The van der Waals surface area contributed by atoms with Gasteiger partial charge in [0.05, 0.1) is 5.69 Å². The minimum absolute atomic E-state index is 0.000204. The maximum Gasteiger partial charge on any atom is 0.267 e. The summed E-state index contributed by atoms with van der Waals surface area (Å²) in [5.74, 6) is -0.239. The number of nitriles is 1. The summed E-state index contributed by atoms with van der Waals surface area (Å²) in [4.78, 5) is 14.5. The Morgan fingerprint density at radius 3 is 2.43 bits per heavy atom. The number of benzene rings is 3. The fourth-order valence-corrected chi connectivity index (χ4v) is 3.59. The Morgan fingerprint density at radius 2 is 1.70 bits per heavy atom. The van der Waals surface area contributed by atoms with Gasteiger partial charge in [-0.15, -0.1) is 0 Å². The van der Waals surface area contributed by atoms with E-state index in [-0.39, 0.29) is 11.3 Å². The topological polar surface area (TPSA) is 85.2 Å². The van der Waals surface area contributed by atoms with E-state index in [9.17, 15) is 15.2 Å². The molecule has 0 saturated carbocycles. The van der Waals surface area contributed by atoms with Crippen LogP contribution in [-0.2, 0) is 11.2 Å². The lowest BCUT2D eigenvalue weighted by molar-refractivity contribution is -0.112. The SMILES string of the molecule is N#C/C(=C/NCCc1ccc(O)cc1)C(=O)Nc1ccccc1Sc1ccccc1. The molecule has 0 aromatic heterocycles. The number of carbonyl (C=O) groups is 1. The van der Waals surface area contributed by atoms with E-state index in [1.165, 1.54) is 6.20 Å². The first-order valence-corrected chi connectivity index (χ1v) is 10.2. The van der Waals surface area contributed by atoms with E-state index in [0.717, 1.165) is 15.4 Å². The van der Waals surface area contributed by atoms with Gasteiger partial charge in [0.15, 0.2) is 0 Å². The molecule has 0 aliphatic rings. The Morgan fingerprint density at radius 1 is 1.00 bits per heavy atom. The minimum atomic E-state index is -0.462. The Kier molecular flexibility index (Phi) is 7.53. The first-order chi connectivity index (χ1) is 14.7. The van der Waals surface area contributed by atoms with Crippen molar-refractivity contribution in [2.45, 2.75) is 16.2 Å². The number of phenolic OH excluding ortho intramolecular Hbond substituents is 1. The molecule has 30 heavy (non-hydrogen) atoms. The van der Waals surface area contributed by atoms with Crippen molar-refractivity contribution in [1.82, 2.24) is 5.32 Å². The molecule has 0 bridgehead atoms. The summed E-state index contributed by atoms with van der Waals surface area (Å²) < 4.78 is 0. The van der Waals surface area contributed by atoms with Crippen molar-refractivity contribution in [1.29, 1.82) is 5.26 Å². The Labute approximate surface area is 180 Å². The number of hydrogen-bond donors (Lipinski definition) is 3. The van der Waals surface area contributed by atoms with E-state index in [1.54, 1.807) is 23.9 Å². The molecule has 0 unspecified atom stereocenters. The van der Waals surface area contributed by atoms with Gasteiger partial charge in [0, 0.05) is 22.5 Å². The average Bonchev–Trinajstić information content (AvgIpc) is 2.77. The van der Waals surface area contributed by atoms with Crippen molar-refractivity contribution >= 4 is 23.4 Å².